The molecule has 0 spiro atoms. The Bertz CT molecular complexity index is 596. The molecule has 0 aliphatic carbocycles. The van der Waals surface area contributed by atoms with Crippen LogP contribution in [0.2, 0.25) is 0 Å². The van der Waals surface area contributed by atoms with Gasteiger partial charge in [0.15, 0.2) is 0 Å². The summed E-state index contributed by atoms with van der Waals surface area (Å²) in [6.45, 7) is 2.09. The molecule has 1 atom stereocenters. The van der Waals surface area contributed by atoms with Crippen LogP contribution in [0.1, 0.15) is 28.9 Å². The molecule has 2 aromatic carbocycles. The largest absolute Gasteiger partial charge is 0.465 e. The average Bonchev–Trinajstić information content (AvgIpc) is 2.47. The molecule has 1 unspecified atom stereocenters. The van der Waals surface area contributed by atoms with Crippen LogP contribution in [-0.2, 0) is 4.74 Å². The maximum absolute atomic E-state index is 11.4. The summed E-state index contributed by atoms with van der Waals surface area (Å²) >= 11 is 3.55. The number of hydrogen-bond donors (Lipinski definition) is 1. The molecule has 2 rings (SSSR count). The molecule has 0 aliphatic rings. The number of carbonyl (C=O) groups is 1. The molecule has 0 amide bonds. The van der Waals surface area contributed by atoms with Crippen molar-refractivity contribution in [3.05, 3.63) is 64.1 Å². The van der Waals surface area contributed by atoms with Crippen LogP contribution < -0.4 is 5.32 Å². The van der Waals surface area contributed by atoms with Crippen molar-refractivity contribution in [3.8, 4) is 0 Å². The topological polar surface area (TPSA) is 38.3 Å². The fourth-order valence-electron chi connectivity index (χ4n) is 1.97. The third-order valence-corrected chi connectivity index (χ3v) is 3.78. The van der Waals surface area contributed by atoms with Crippen LogP contribution in [0.25, 0.3) is 0 Å². The summed E-state index contributed by atoms with van der Waals surface area (Å²) in [7, 11) is 1.38. The van der Waals surface area contributed by atoms with Crippen molar-refractivity contribution in [3.63, 3.8) is 0 Å². The monoisotopic (exact) mass is 333 g/mol. The number of benzene rings is 2. The van der Waals surface area contributed by atoms with E-state index in [9.17, 15) is 4.79 Å². The van der Waals surface area contributed by atoms with Crippen LogP contribution in [0.3, 0.4) is 0 Å². The van der Waals surface area contributed by atoms with Crippen LogP contribution >= 0.6 is 15.9 Å². The van der Waals surface area contributed by atoms with E-state index in [1.807, 2.05) is 30.3 Å². The van der Waals surface area contributed by atoms with Crippen LogP contribution in [0, 0.1) is 0 Å². The van der Waals surface area contributed by atoms with Gasteiger partial charge in [0, 0.05) is 16.2 Å². The van der Waals surface area contributed by atoms with E-state index in [1.54, 1.807) is 12.1 Å². The van der Waals surface area contributed by atoms with Gasteiger partial charge in [-0.05, 0) is 42.8 Å². The second kappa shape index (κ2) is 6.57. The lowest BCUT2D eigenvalue weighted by Crippen LogP contribution is -2.07. The Balaban J connectivity index is 2.10. The summed E-state index contributed by atoms with van der Waals surface area (Å²) in [5.41, 5.74) is 2.69. The predicted molar refractivity (Wildman–Crippen MR) is 84.0 cm³/mol. The van der Waals surface area contributed by atoms with Gasteiger partial charge < -0.3 is 10.1 Å². The first kappa shape index (κ1) is 14.6. The number of nitrogens with one attached hydrogen (secondary N) is 1. The lowest BCUT2D eigenvalue weighted by atomic mass is 10.1. The van der Waals surface area contributed by atoms with Crippen molar-refractivity contribution in [2.24, 2.45) is 0 Å². The van der Waals surface area contributed by atoms with E-state index in [0.717, 1.165) is 10.2 Å². The Kier molecular flexibility index (Phi) is 4.79. The van der Waals surface area contributed by atoms with Gasteiger partial charge in [-0.1, -0.05) is 34.1 Å². The molecule has 0 saturated carbocycles. The second-order valence-corrected chi connectivity index (χ2v) is 5.31. The average molecular weight is 334 g/mol. The van der Waals surface area contributed by atoms with E-state index in [2.05, 4.69) is 39.0 Å². The zero-order chi connectivity index (χ0) is 14.5. The highest BCUT2D eigenvalue weighted by molar-refractivity contribution is 9.10. The van der Waals surface area contributed by atoms with Gasteiger partial charge in [-0.25, -0.2) is 4.79 Å². The normalized spacial score (nSPS) is 11.8. The molecule has 0 fully saturated rings. The zero-order valence-corrected chi connectivity index (χ0v) is 13.0. The van der Waals surface area contributed by atoms with Gasteiger partial charge in [0.05, 0.1) is 12.7 Å². The lowest BCUT2D eigenvalue weighted by molar-refractivity contribution is 0.0601. The molecule has 3 nitrogen and oxygen atoms in total. The van der Waals surface area contributed by atoms with Gasteiger partial charge in [0.2, 0.25) is 0 Å². The van der Waals surface area contributed by atoms with Gasteiger partial charge in [0.1, 0.15) is 0 Å². The molecule has 0 bridgehead atoms. The van der Waals surface area contributed by atoms with E-state index in [4.69, 9.17) is 0 Å². The first-order chi connectivity index (χ1) is 9.61. The summed E-state index contributed by atoms with van der Waals surface area (Å²) in [5.74, 6) is -0.324. The SMILES string of the molecule is COC(=O)c1ccc(NC(C)c2ccccc2Br)cc1. The first-order valence-corrected chi connectivity index (χ1v) is 7.10. The van der Waals surface area contributed by atoms with Gasteiger partial charge in [0.25, 0.3) is 0 Å². The first-order valence-electron chi connectivity index (χ1n) is 6.31. The molecule has 104 valence electrons. The maximum Gasteiger partial charge on any atom is 0.337 e. The maximum atomic E-state index is 11.4. The molecular weight excluding hydrogens is 318 g/mol. The summed E-state index contributed by atoms with van der Waals surface area (Å²) < 4.78 is 5.75. The molecule has 1 N–H and O–H groups in total. The number of methoxy groups -OCH3 is 1. The standard InChI is InChI=1S/C16H16BrNO2/c1-11(14-5-3-4-6-15(14)17)18-13-9-7-12(8-10-13)16(19)20-2/h3-11,18H,1-2H3. The Labute approximate surface area is 127 Å². The quantitative estimate of drug-likeness (QED) is 0.842. The number of rotatable bonds is 4. The molecular formula is C16H16BrNO2. The summed E-state index contributed by atoms with van der Waals surface area (Å²) in [4.78, 5) is 11.4. The van der Waals surface area contributed by atoms with E-state index in [-0.39, 0.29) is 12.0 Å². The third-order valence-electron chi connectivity index (χ3n) is 3.06. The number of carbonyl (C=O) groups excluding carboxylic acids is 1. The lowest BCUT2D eigenvalue weighted by Gasteiger charge is -2.17. The fourth-order valence-corrected chi connectivity index (χ4v) is 2.60. The number of esters is 1. The van der Waals surface area contributed by atoms with Crippen molar-refractivity contribution in [1.82, 2.24) is 0 Å². The predicted octanol–water partition coefficient (Wildman–Crippen LogP) is 4.41. The highest BCUT2D eigenvalue weighted by Crippen LogP contribution is 2.26. The van der Waals surface area contributed by atoms with E-state index in [0.29, 0.717) is 5.56 Å². The highest BCUT2D eigenvalue weighted by Gasteiger charge is 2.09. The molecule has 0 saturated heterocycles. The van der Waals surface area contributed by atoms with Crippen molar-refractivity contribution >= 4 is 27.6 Å². The van der Waals surface area contributed by atoms with Gasteiger partial charge >= 0.3 is 5.97 Å². The molecule has 2 aromatic rings. The minimum Gasteiger partial charge on any atom is -0.465 e. The van der Waals surface area contributed by atoms with Crippen LogP contribution in [-0.4, -0.2) is 13.1 Å². The fraction of sp³-hybridized carbons (Fsp3) is 0.188. The van der Waals surface area contributed by atoms with Crippen molar-refractivity contribution in [1.29, 1.82) is 0 Å². The molecule has 0 aromatic heterocycles. The summed E-state index contributed by atoms with van der Waals surface area (Å²) in [6, 6.07) is 15.5. The highest BCUT2D eigenvalue weighted by atomic mass is 79.9. The van der Waals surface area contributed by atoms with Crippen LogP contribution in [0.5, 0.6) is 0 Å². The Morgan fingerprint density at radius 3 is 2.40 bits per heavy atom. The molecule has 20 heavy (non-hydrogen) atoms. The van der Waals surface area contributed by atoms with Gasteiger partial charge in [-0.15, -0.1) is 0 Å². The number of halogens is 1. The van der Waals surface area contributed by atoms with E-state index >= 15 is 0 Å². The Morgan fingerprint density at radius 1 is 1.15 bits per heavy atom. The number of ether oxygens (including phenoxy) is 1. The summed E-state index contributed by atoms with van der Waals surface area (Å²) in [5, 5.41) is 3.40. The van der Waals surface area contributed by atoms with Crippen molar-refractivity contribution in [2.45, 2.75) is 13.0 Å². The molecule has 4 heteroatoms. The van der Waals surface area contributed by atoms with Crippen LogP contribution in [0.4, 0.5) is 5.69 Å². The smallest absolute Gasteiger partial charge is 0.337 e. The third kappa shape index (κ3) is 3.39. The Hall–Kier alpha value is -1.81. The number of hydrogen-bond acceptors (Lipinski definition) is 3. The minimum atomic E-state index is -0.324. The number of anilines is 1. The van der Waals surface area contributed by atoms with Gasteiger partial charge in [-0.2, -0.15) is 0 Å². The second-order valence-electron chi connectivity index (χ2n) is 4.46. The molecule has 0 aliphatic heterocycles. The summed E-state index contributed by atoms with van der Waals surface area (Å²) in [6.07, 6.45) is 0. The van der Waals surface area contributed by atoms with Gasteiger partial charge in [-0.3, -0.25) is 0 Å². The molecule has 0 radical (unpaired) electrons. The minimum absolute atomic E-state index is 0.162. The Morgan fingerprint density at radius 2 is 1.80 bits per heavy atom. The van der Waals surface area contributed by atoms with Crippen LogP contribution in [0.15, 0.2) is 53.0 Å². The van der Waals surface area contributed by atoms with E-state index < -0.39 is 0 Å². The van der Waals surface area contributed by atoms with Crippen molar-refractivity contribution < 1.29 is 9.53 Å². The van der Waals surface area contributed by atoms with E-state index in [1.165, 1.54) is 12.7 Å². The zero-order valence-electron chi connectivity index (χ0n) is 11.4. The van der Waals surface area contributed by atoms with Crippen molar-refractivity contribution in [2.75, 3.05) is 12.4 Å². The molecule has 0 heterocycles.